The second-order valence-electron chi connectivity index (χ2n) is 5.92. The Kier molecular flexibility index (Phi) is 7.06. The van der Waals surface area contributed by atoms with Gasteiger partial charge in [-0.05, 0) is 31.4 Å². The normalized spacial score (nSPS) is 16.8. The number of hydrogen-bond donors (Lipinski definition) is 4. The molecule has 0 aromatic heterocycles. The van der Waals surface area contributed by atoms with Gasteiger partial charge in [-0.1, -0.05) is 18.2 Å². The number of aliphatic carboxylic acids is 1. The average molecular weight is 348 g/mol. The molecule has 1 aliphatic heterocycles. The summed E-state index contributed by atoms with van der Waals surface area (Å²) in [6.45, 7) is 1.05. The largest absolute Gasteiger partial charge is 0.481 e. The van der Waals surface area contributed by atoms with Gasteiger partial charge in [0.15, 0.2) is 0 Å². The molecule has 1 atom stereocenters. The van der Waals surface area contributed by atoms with Gasteiger partial charge in [-0.2, -0.15) is 0 Å². The quantitative estimate of drug-likeness (QED) is 0.629. The van der Waals surface area contributed by atoms with Crippen molar-refractivity contribution in [3.63, 3.8) is 0 Å². The van der Waals surface area contributed by atoms with Crippen LogP contribution in [-0.4, -0.2) is 53.7 Å². The average Bonchev–Trinajstić information content (AvgIpc) is 2.60. The summed E-state index contributed by atoms with van der Waals surface area (Å²) in [7, 11) is 0. The number of hydrogen-bond acceptors (Lipinski definition) is 3. The number of anilines is 1. The molecule has 1 aliphatic rings. The molecule has 1 aromatic rings. The van der Waals surface area contributed by atoms with Crippen LogP contribution in [-0.2, 0) is 4.79 Å². The monoisotopic (exact) mass is 348 g/mol. The summed E-state index contributed by atoms with van der Waals surface area (Å²) >= 11 is 0. The van der Waals surface area contributed by atoms with Crippen LogP contribution in [0.2, 0.25) is 0 Å². The Morgan fingerprint density at radius 2 is 1.88 bits per heavy atom. The van der Waals surface area contributed by atoms with E-state index in [1.54, 1.807) is 17.0 Å². The summed E-state index contributed by atoms with van der Waals surface area (Å²) < 4.78 is 0. The lowest BCUT2D eigenvalue weighted by atomic mass is 10.0. The van der Waals surface area contributed by atoms with Crippen LogP contribution in [0.25, 0.3) is 0 Å². The first-order chi connectivity index (χ1) is 12.1. The molecule has 1 heterocycles. The Labute approximate surface area is 146 Å². The van der Waals surface area contributed by atoms with E-state index in [4.69, 9.17) is 5.11 Å². The number of carbonyl (C=O) groups excluding carboxylic acids is 2. The predicted molar refractivity (Wildman–Crippen MR) is 93.5 cm³/mol. The van der Waals surface area contributed by atoms with E-state index < -0.39 is 5.97 Å². The number of carboxylic acids is 1. The van der Waals surface area contributed by atoms with E-state index in [0.717, 1.165) is 19.3 Å². The molecule has 1 aromatic carbocycles. The molecule has 1 unspecified atom stereocenters. The number of carbonyl (C=O) groups is 3. The van der Waals surface area contributed by atoms with Crippen LogP contribution < -0.4 is 16.0 Å². The highest BCUT2D eigenvalue weighted by molar-refractivity contribution is 5.89. The lowest BCUT2D eigenvalue weighted by Crippen LogP contribution is -2.53. The number of carboxylic acid groups (broad SMARTS) is 1. The van der Waals surface area contributed by atoms with Crippen molar-refractivity contribution in [3.05, 3.63) is 30.3 Å². The van der Waals surface area contributed by atoms with Crippen LogP contribution in [0.5, 0.6) is 0 Å². The molecule has 0 spiro atoms. The van der Waals surface area contributed by atoms with E-state index in [0.29, 0.717) is 18.8 Å². The van der Waals surface area contributed by atoms with Gasteiger partial charge in [0.25, 0.3) is 0 Å². The zero-order valence-electron chi connectivity index (χ0n) is 14.0. The van der Waals surface area contributed by atoms with Crippen molar-refractivity contribution >= 4 is 23.7 Å². The topological polar surface area (TPSA) is 111 Å². The summed E-state index contributed by atoms with van der Waals surface area (Å²) in [4.78, 5) is 36.4. The van der Waals surface area contributed by atoms with E-state index in [-0.39, 0.29) is 31.1 Å². The van der Waals surface area contributed by atoms with Gasteiger partial charge in [0.05, 0.1) is 12.5 Å². The van der Waals surface area contributed by atoms with Crippen molar-refractivity contribution in [2.75, 3.05) is 25.0 Å². The van der Waals surface area contributed by atoms with Crippen LogP contribution in [0.15, 0.2) is 30.3 Å². The van der Waals surface area contributed by atoms with Crippen LogP contribution in [0, 0.1) is 0 Å². The molecule has 0 saturated carbocycles. The summed E-state index contributed by atoms with van der Waals surface area (Å²) in [6.07, 6.45) is 2.59. The van der Waals surface area contributed by atoms with Crippen molar-refractivity contribution in [3.8, 4) is 0 Å². The SMILES string of the molecule is O=C(O)CCNC(=O)N1CCCCC1CNC(=O)Nc1ccccc1. The first kappa shape index (κ1) is 18.6. The highest BCUT2D eigenvalue weighted by Gasteiger charge is 2.26. The second-order valence-corrected chi connectivity index (χ2v) is 5.92. The minimum Gasteiger partial charge on any atom is -0.481 e. The number of rotatable bonds is 6. The Hall–Kier alpha value is -2.77. The van der Waals surface area contributed by atoms with Gasteiger partial charge in [-0.3, -0.25) is 4.79 Å². The van der Waals surface area contributed by atoms with Crippen molar-refractivity contribution in [2.24, 2.45) is 0 Å². The standard InChI is InChI=1S/C17H24N4O4/c22-15(23)9-10-18-17(25)21-11-5-4-8-14(21)12-19-16(24)20-13-6-2-1-3-7-13/h1-3,6-7,14H,4-5,8-12H2,(H,18,25)(H,22,23)(H2,19,20,24). The first-order valence-corrected chi connectivity index (χ1v) is 8.42. The van der Waals surface area contributed by atoms with Gasteiger partial charge in [0.2, 0.25) is 0 Å². The Bertz CT molecular complexity index is 594. The van der Waals surface area contributed by atoms with E-state index in [1.807, 2.05) is 18.2 Å². The Morgan fingerprint density at radius 3 is 2.60 bits per heavy atom. The summed E-state index contributed by atoms with van der Waals surface area (Å²) in [5, 5.41) is 16.8. The van der Waals surface area contributed by atoms with Gasteiger partial charge in [0.1, 0.15) is 0 Å². The van der Waals surface area contributed by atoms with E-state index >= 15 is 0 Å². The van der Waals surface area contributed by atoms with E-state index in [9.17, 15) is 14.4 Å². The third kappa shape index (κ3) is 6.33. The highest BCUT2D eigenvalue weighted by atomic mass is 16.4. The third-order valence-corrected chi connectivity index (χ3v) is 4.03. The molecule has 1 fully saturated rings. The number of urea groups is 2. The minimum atomic E-state index is -0.949. The molecule has 4 amide bonds. The van der Waals surface area contributed by atoms with Crippen molar-refractivity contribution < 1.29 is 19.5 Å². The molecular weight excluding hydrogens is 324 g/mol. The van der Waals surface area contributed by atoms with Crippen molar-refractivity contribution in [1.29, 1.82) is 0 Å². The molecule has 1 saturated heterocycles. The maximum Gasteiger partial charge on any atom is 0.319 e. The number of amides is 4. The van der Waals surface area contributed by atoms with Crippen LogP contribution >= 0.6 is 0 Å². The van der Waals surface area contributed by atoms with Crippen molar-refractivity contribution in [2.45, 2.75) is 31.7 Å². The second kappa shape index (κ2) is 9.51. The minimum absolute atomic E-state index is 0.0965. The molecule has 8 heteroatoms. The fourth-order valence-corrected chi connectivity index (χ4v) is 2.77. The maximum absolute atomic E-state index is 12.2. The zero-order valence-corrected chi connectivity index (χ0v) is 14.0. The van der Waals surface area contributed by atoms with Gasteiger partial charge < -0.3 is 26.0 Å². The van der Waals surface area contributed by atoms with E-state index in [2.05, 4.69) is 16.0 Å². The number of likely N-dealkylation sites (tertiary alicyclic amines) is 1. The summed E-state index contributed by atoms with van der Waals surface area (Å²) in [5.74, 6) is -0.949. The fraction of sp³-hybridized carbons (Fsp3) is 0.471. The summed E-state index contributed by atoms with van der Waals surface area (Å²) in [5.41, 5.74) is 0.701. The molecule has 2 rings (SSSR count). The fourth-order valence-electron chi connectivity index (χ4n) is 2.77. The molecular formula is C17H24N4O4. The third-order valence-electron chi connectivity index (χ3n) is 4.03. The molecule has 0 radical (unpaired) electrons. The van der Waals surface area contributed by atoms with Crippen LogP contribution in [0.3, 0.4) is 0 Å². The molecule has 0 bridgehead atoms. The molecule has 4 N–H and O–H groups in total. The molecule has 136 valence electrons. The molecule has 0 aliphatic carbocycles. The number of nitrogens with one attached hydrogen (secondary N) is 3. The number of piperidine rings is 1. The zero-order chi connectivity index (χ0) is 18.1. The number of para-hydroxylation sites is 1. The Morgan fingerprint density at radius 1 is 1.12 bits per heavy atom. The smallest absolute Gasteiger partial charge is 0.319 e. The van der Waals surface area contributed by atoms with Crippen LogP contribution in [0.4, 0.5) is 15.3 Å². The molecule has 25 heavy (non-hydrogen) atoms. The van der Waals surface area contributed by atoms with Crippen LogP contribution in [0.1, 0.15) is 25.7 Å². The first-order valence-electron chi connectivity index (χ1n) is 8.42. The number of nitrogens with zero attached hydrogens (tertiary/aromatic N) is 1. The number of benzene rings is 1. The van der Waals surface area contributed by atoms with Gasteiger partial charge >= 0.3 is 18.0 Å². The van der Waals surface area contributed by atoms with Gasteiger partial charge in [-0.25, -0.2) is 9.59 Å². The van der Waals surface area contributed by atoms with Gasteiger partial charge in [0, 0.05) is 25.3 Å². The Balaban J connectivity index is 1.80. The lowest BCUT2D eigenvalue weighted by molar-refractivity contribution is -0.136. The predicted octanol–water partition coefficient (Wildman–Crippen LogP) is 1.85. The summed E-state index contributed by atoms with van der Waals surface area (Å²) in [6, 6.07) is 8.43. The van der Waals surface area contributed by atoms with E-state index in [1.165, 1.54) is 0 Å². The maximum atomic E-state index is 12.2. The molecule has 8 nitrogen and oxygen atoms in total. The van der Waals surface area contributed by atoms with Gasteiger partial charge in [-0.15, -0.1) is 0 Å². The highest BCUT2D eigenvalue weighted by Crippen LogP contribution is 2.16. The van der Waals surface area contributed by atoms with Crippen molar-refractivity contribution in [1.82, 2.24) is 15.5 Å². The lowest BCUT2D eigenvalue weighted by Gasteiger charge is -2.35.